The van der Waals surface area contributed by atoms with Gasteiger partial charge in [-0.2, -0.15) is 0 Å². The zero-order valence-corrected chi connectivity index (χ0v) is 21.6. The Labute approximate surface area is 197 Å². The van der Waals surface area contributed by atoms with Crippen LogP contribution in [0.4, 0.5) is 0 Å². The van der Waals surface area contributed by atoms with Crippen molar-refractivity contribution in [3.63, 3.8) is 0 Å². The largest absolute Gasteiger partial charge is 0.726 e. The maximum atomic E-state index is 9.24. The van der Waals surface area contributed by atoms with Crippen molar-refractivity contribution in [1.82, 2.24) is 0 Å². The summed E-state index contributed by atoms with van der Waals surface area (Å²) in [4.78, 5) is 4.68. The number of nitrogens with zero attached hydrogens (tertiary/aromatic N) is 2. The summed E-state index contributed by atoms with van der Waals surface area (Å²) >= 11 is 0. The number of hydrogen-bond acceptors (Lipinski definition) is 6. The van der Waals surface area contributed by atoms with E-state index >= 15 is 0 Å². The lowest BCUT2D eigenvalue weighted by molar-refractivity contribution is -0.815. The van der Waals surface area contributed by atoms with Crippen molar-refractivity contribution in [3.05, 3.63) is 12.2 Å². The molecule has 0 saturated heterocycles. The number of aliphatic imine (C=N–C) groups is 1. The molecule has 0 aliphatic carbocycles. The first-order chi connectivity index (χ1) is 15.3. The molecule has 0 radical (unpaired) electrons. The van der Waals surface area contributed by atoms with E-state index in [1.54, 1.807) is 0 Å². The third-order valence-electron chi connectivity index (χ3n) is 5.97. The number of allylic oxidation sites excluding steroid dienone is 2. The van der Waals surface area contributed by atoms with Crippen molar-refractivity contribution in [2.75, 3.05) is 40.4 Å². The molecule has 1 rings (SSSR count). The summed E-state index contributed by atoms with van der Waals surface area (Å²) in [5.41, 5.74) is 0. The first kappa shape index (κ1) is 31.2. The average Bonchev–Trinajstić information content (AvgIpc) is 3.11. The molecule has 0 amide bonds. The number of unbranched alkanes of at least 4 members (excludes halogenated alkanes) is 11. The summed E-state index contributed by atoms with van der Waals surface area (Å²) in [5.74, 6) is 1.32. The minimum atomic E-state index is -4.41. The Morgan fingerprint density at radius 3 is 2.00 bits per heavy atom. The molecule has 0 aromatic rings. The van der Waals surface area contributed by atoms with Crippen LogP contribution in [0, 0.1) is 0 Å². The fourth-order valence-corrected chi connectivity index (χ4v) is 3.86. The van der Waals surface area contributed by atoms with Gasteiger partial charge in [0.05, 0.1) is 27.3 Å². The lowest BCUT2D eigenvalue weighted by Gasteiger charge is -2.29. The zero-order valence-electron chi connectivity index (χ0n) is 20.8. The van der Waals surface area contributed by atoms with E-state index in [1.165, 1.54) is 89.3 Å². The van der Waals surface area contributed by atoms with Crippen LogP contribution in [0.25, 0.3) is 0 Å². The Morgan fingerprint density at radius 2 is 1.50 bits per heavy atom. The molecule has 8 heteroatoms. The second-order valence-corrected chi connectivity index (χ2v) is 9.92. The van der Waals surface area contributed by atoms with E-state index < -0.39 is 10.4 Å². The maximum Gasteiger partial charge on any atom is 0.217 e. The van der Waals surface area contributed by atoms with E-state index in [9.17, 15) is 18.1 Å². The smallest absolute Gasteiger partial charge is 0.217 e. The van der Waals surface area contributed by atoms with Crippen molar-refractivity contribution < 1.29 is 26.7 Å². The van der Waals surface area contributed by atoms with Gasteiger partial charge in [0.1, 0.15) is 13.1 Å². The van der Waals surface area contributed by atoms with E-state index in [4.69, 9.17) is 0 Å². The molecule has 1 N–H and O–H groups in total. The van der Waals surface area contributed by atoms with E-state index in [0.29, 0.717) is 0 Å². The van der Waals surface area contributed by atoms with Gasteiger partial charge in [-0.05, 0) is 32.1 Å². The highest BCUT2D eigenvalue weighted by molar-refractivity contribution is 7.80. The SMILES string of the molecule is CCCCCCCCC=CCCCCCCCC1=NCC[N+]1(C)CCO.COS(=O)(=O)[O-]. The average molecular weight is 477 g/mol. The predicted molar refractivity (Wildman–Crippen MR) is 131 cm³/mol. The minimum absolute atomic E-state index is 0.266. The summed E-state index contributed by atoms with van der Waals surface area (Å²) in [6, 6.07) is 0. The van der Waals surface area contributed by atoms with Gasteiger partial charge in [-0.3, -0.25) is 8.67 Å². The Hall–Kier alpha value is -0.800. The van der Waals surface area contributed by atoms with Crippen LogP contribution < -0.4 is 0 Å². The van der Waals surface area contributed by atoms with Crippen LogP contribution in [-0.4, -0.2) is 68.8 Å². The minimum Gasteiger partial charge on any atom is -0.726 e. The highest BCUT2D eigenvalue weighted by atomic mass is 32.3. The van der Waals surface area contributed by atoms with Crippen molar-refractivity contribution in [2.45, 2.75) is 96.8 Å². The van der Waals surface area contributed by atoms with Crippen LogP contribution in [0.5, 0.6) is 0 Å². The van der Waals surface area contributed by atoms with Crippen LogP contribution in [0.15, 0.2) is 17.1 Å². The number of aliphatic hydroxyl groups is 1. The Kier molecular flexibility index (Phi) is 19.2. The lowest BCUT2D eigenvalue weighted by Crippen LogP contribution is -2.48. The Morgan fingerprint density at radius 1 is 1.00 bits per heavy atom. The van der Waals surface area contributed by atoms with Gasteiger partial charge in [0.2, 0.25) is 10.4 Å². The molecular formula is C24H48N2O5S. The Balaban J connectivity index is 0.00000140. The summed E-state index contributed by atoms with van der Waals surface area (Å²) in [7, 11) is -1.38. The zero-order chi connectivity index (χ0) is 24.1. The summed E-state index contributed by atoms with van der Waals surface area (Å²) < 4.78 is 31.9. The molecule has 0 bridgehead atoms. The van der Waals surface area contributed by atoms with Gasteiger partial charge < -0.3 is 9.66 Å². The molecule has 1 aliphatic rings. The molecule has 0 saturated carbocycles. The topological polar surface area (TPSA) is 99.0 Å². The van der Waals surface area contributed by atoms with E-state index in [-0.39, 0.29) is 6.61 Å². The van der Waals surface area contributed by atoms with E-state index in [2.05, 4.69) is 35.3 Å². The molecule has 1 unspecified atom stereocenters. The molecule has 190 valence electrons. The van der Waals surface area contributed by atoms with Gasteiger partial charge in [-0.15, -0.1) is 0 Å². The van der Waals surface area contributed by atoms with Crippen molar-refractivity contribution in [2.24, 2.45) is 4.99 Å². The number of likely N-dealkylation sites (N-methyl/N-ethyl adjacent to an activating group) is 1. The van der Waals surface area contributed by atoms with Crippen LogP contribution in [0.1, 0.15) is 96.8 Å². The standard InChI is InChI=1S/C23H45N2O.CH4O4S/c1-3-4-5-6-7-8-9-10-11-12-13-14-15-16-17-18-23-24-19-20-25(23,2)21-22-26;1-5-6(2,3)4/h10-11,26H,3-9,12-22H2,1-2H3;1H3,(H,2,3,4)/q+1;/p-1. The highest BCUT2D eigenvalue weighted by Gasteiger charge is 2.32. The van der Waals surface area contributed by atoms with Crippen molar-refractivity contribution in [1.29, 1.82) is 0 Å². The first-order valence-electron chi connectivity index (χ1n) is 12.4. The van der Waals surface area contributed by atoms with Crippen LogP contribution in [-0.2, 0) is 14.6 Å². The van der Waals surface area contributed by atoms with E-state index in [1.807, 2.05) is 0 Å². The molecule has 32 heavy (non-hydrogen) atoms. The van der Waals surface area contributed by atoms with Gasteiger partial charge >= 0.3 is 0 Å². The lowest BCUT2D eigenvalue weighted by atomic mass is 10.1. The highest BCUT2D eigenvalue weighted by Crippen LogP contribution is 2.17. The number of aliphatic hydroxyl groups excluding tert-OH is 1. The normalized spacial score (nSPS) is 18.6. The number of hydrogen-bond donors (Lipinski definition) is 1. The molecule has 0 aromatic heterocycles. The second kappa shape index (κ2) is 19.6. The van der Waals surface area contributed by atoms with Crippen molar-refractivity contribution in [3.8, 4) is 0 Å². The van der Waals surface area contributed by atoms with Crippen molar-refractivity contribution >= 4 is 16.2 Å². The van der Waals surface area contributed by atoms with Gasteiger partial charge in [0.15, 0.2) is 5.84 Å². The summed E-state index contributed by atoms with van der Waals surface area (Å²) in [5, 5.41) is 9.24. The van der Waals surface area contributed by atoms with Gasteiger partial charge in [-0.25, -0.2) is 13.4 Å². The molecular weight excluding hydrogens is 428 g/mol. The Bertz CT molecular complexity index is 608. The van der Waals surface area contributed by atoms with E-state index in [0.717, 1.165) is 37.6 Å². The molecule has 0 aromatic carbocycles. The van der Waals surface area contributed by atoms with Gasteiger partial charge in [0, 0.05) is 6.42 Å². The fourth-order valence-electron chi connectivity index (χ4n) is 3.86. The second-order valence-electron chi connectivity index (χ2n) is 8.77. The summed E-state index contributed by atoms with van der Waals surface area (Å²) in [6.07, 6.45) is 23.5. The molecule has 0 spiro atoms. The number of rotatable bonds is 18. The first-order valence-corrected chi connectivity index (χ1v) is 13.8. The van der Waals surface area contributed by atoms with Gasteiger partial charge in [-0.1, -0.05) is 70.4 Å². The number of quaternary nitrogens is 1. The quantitative estimate of drug-likeness (QED) is 0.0990. The third-order valence-corrected chi connectivity index (χ3v) is 6.38. The van der Waals surface area contributed by atoms with Crippen LogP contribution >= 0.6 is 0 Å². The molecule has 0 fully saturated rings. The monoisotopic (exact) mass is 476 g/mol. The summed E-state index contributed by atoms with van der Waals surface area (Å²) in [6.45, 7) is 5.38. The predicted octanol–water partition coefficient (Wildman–Crippen LogP) is 4.97. The van der Waals surface area contributed by atoms with Crippen LogP contribution in [0.2, 0.25) is 0 Å². The van der Waals surface area contributed by atoms with Gasteiger partial charge in [0.25, 0.3) is 0 Å². The maximum absolute atomic E-state index is 9.24. The fraction of sp³-hybridized carbons (Fsp3) is 0.875. The number of amidine groups is 1. The molecule has 1 aliphatic heterocycles. The molecule has 1 heterocycles. The third kappa shape index (κ3) is 17.7. The molecule has 7 nitrogen and oxygen atoms in total. The van der Waals surface area contributed by atoms with Crippen LogP contribution in [0.3, 0.4) is 0 Å². The molecule has 1 atom stereocenters.